The number of rotatable bonds is 1. The summed E-state index contributed by atoms with van der Waals surface area (Å²) in [7, 11) is 0. The van der Waals surface area contributed by atoms with Gasteiger partial charge in [0.15, 0.2) is 0 Å². The van der Waals surface area contributed by atoms with Gasteiger partial charge in [0, 0.05) is 24.5 Å². The summed E-state index contributed by atoms with van der Waals surface area (Å²) in [6.45, 7) is 3.13. The van der Waals surface area contributed by atoms with E-state index >= 15 is 0 Å². The standard InChI is InChI=1S/C13H19N3O2/c1-9-8-16(7-6-12(9)17)13(18)15-11-4-2-10(14)3-5-11/h2-5,9,12,17H,6-8,14H2,1H3,(H,15,18). The molecule has 0 aromatic heterocycles. The molecule has 2 amide bonds. The molecule has 1 saturated heterocycles. The van der Waals surface area contributed by atoms with Crippen LogP contribution in [0, 0.1) is 5.92 Å². The normalized spacial score (nSPS) is 23.8. The minimum absolute atomic E-state index is 0.121. The van der Waals surface area contributed by atoms with Crippen LogP contribution in [0.15, 0.2) is 24.3 Å². The average molecular weight is 249 g/mol. The molecule has 1 fully saturated rings. The highest BCUT2D eigenvalue weighted by Crippen LogP contribution is 2.18. The highest BCUT2D eigenvalue weighted by molar-refractivity contribution is 5.89. The maximum atomic E-state index is 12.0. The smallest absolute Gasteiger partial charge is 0.321 e. The van der Waals surface area contributed by atoms with E-state index in [2.05, 4.69) is 5.32 Å². The summed E-state index contributed by atoms with van der Waals surface area (Å²) in [5, 5.41) is 12.4. The van der Waals surface area contributed by atoms with Gasteiger partial charge < -0.3 is 21.1 Å². The fourth-order valence-corrected chi connectivity index (χ4v) is 2.09. The van der Waals surface area contributed by atoms with Gasteiger partial charge in [-0.2, -0.15) is 0 Å². The molecular weight excluding hydrogens is 230 g/mol. The fraction of sp³-hybridized carbons (Fsp3) is 0.462. The minimum Gasteiger partial charge on any atom is -0.399 e. The maximum Gasteiger partial charge on any atom is 0.321 e. The maximum absolute atomic E-state index is 12.0. The van der Waals surface area contributed by atoms with Crippen molar-refractivity contribution in [2.75, 3.05) is 24.1 Å². The molecule has 2 atom stereocenters. The van der Waals surface area contributed by atoms with Crippen LogP contribution in [0.1, 0.15) is 13.3 Å². The number of urea groups is 1. The monoisotopic (exact) mass is 249 g/mol. The van der Waals surface area contributed by atoms with E-state index in [9.17, 15) is 9.90 Å². The predicted molar refractivity (Wildman–Crippen MR) is 71.2 cm³/mol. The van der Waals surface area contributed by atoms with E-state index in [4.69, 9.17) is 5.73 Å². The molecule has 0 radical (unpaired) electrons. The SMILES string of the molecule is CC1CN(C(=O)Nc2ccc(N)cc2)CCC1O. The summed E-state index contributed by atoms with van der Waals surface area (Å²) in [6.07, 6.45) is 0.335. The highest BCUT2D eigenvalue weighted by atomic mass is 16.3. The van der Waals surface area contributed by atoms with Crippen molar-refractivity contribution in [2.45, 2.75) is 19.4 Å². The first-order valence-corrected chi connectivity index (χ1v) is 6.16. The van der Waals surface area contributed by atoms with E-state index in [-0.39, 0.29) is 18.1 Å². The number of nitrogen functional groups attached to an aromatic ring is 1. The number of nitrogens with one attached hydrogen (secondary N) is 1. The Bertz CT molecular complexity index is 419. The van der Waals surface area contributed by atoms with Gasteiger partial charge >= 0.3 is 6.03 Å². The lowest BCUT2D eigenvalue weighted by molar-refractivity contribution is 0.0506. The number of anilines is 2. The van der Waals surface area contributed by atoms with Crippen LogP contribution in [0.3, 0.4) is 0 Å². The van der Waals surface area contributed by atoms with Crippen LogP contribution in [-0.4, -0.2) is 35.2 Å². The van der Waals surface area contributed by atoms with Gasteiger partial charge in [0.2, 0.25) is 0 Å². The molecule has 0 aliphatic carbocycles. The number of carbonyl (C=O) groups is 1. The van der Waals surface area contributed by atoms with E-state index in [1.807, 2.05) is 6.92 Å². The first-order chi connectivity index (χ1) is 8.56. The number of aliphatic hydroxyl groups is 1. The van der Waals surface area contributed by atoms with Gasteiger partial charge in [0.05, 0.1) is 6.10 Å². The summed E-state index contributed by atoms with van der Waals surface area (Å²) in [6, 6.07) is 6.92. The van der Waals surface area contributed by atoms with E-state index in [1.165, 1.54) is 0 Å². The quantitative estimate of drug-likeness (QED) is 0.660. The van der Waals surface area contributed by atoms with Crippen LogP contribution in [0.25, 0.3) is 0 Å². The second-order valence-corrected chi connectivity index (χ2v) is 4.83. The number of hydrogen-bond acceptors (Lipinski definition) is 3. The Morgan fingerprint density at radius 1 is 1.44 bits per heavy atom. The lowest BCUT2D eigenvalue weighted by Crippen LogP contribution is -2.46. The first-order valence-electron chi connectivity index (χ1n) is 6.16. The zero-order valence-corrected chi connectivity index (χ0v) is 10.5. The third kappa shape index (κ3) is 2.92. The van der Waals surface area contributed by atoms with Crippen LogP contribution in [0.2, 0.25) is 0 Å². The van der Waals surface area contributed by atoms with E-state index in [1.54, 1.807) is 29.2 Å². The molecule has 5 heteroatoms. The minimum atomic E-state index is -0.300. The van der Waals surface area contributed by atoms with Crippen molar-refractivity contribution in [3.8, 4) is 0 Å². The molecule has 1 aromatic carbocycles. The molecule has 2 unspecified atom stereocenters. The number of nitrogens with two attached hydrogens (primary N) is 1. The van der Waals surface area contributed by atoms with Gasteiger partial charge in [-0.1, -0.05) is 6.92 Å². The van der Waals surface area contributed by atoms with Crippen molar-refractivity contribution in [3.05, 3.63) is 24.3 Å². The van der Waals surface area contributed by atoms with Crippen molar-refractivity contribution >= 4 is 17.4 Å². The molecule has 4 N–H and O–H groups in total. The Morgan fingerprint density at radius 3 is 2.72 bits per heavy atom. The molecule has 1 aromatic rings. The molecule has 98 valence electrons. The lowest BCUT2D eigenvalue weighted by Gasteiger charge is -2.34. The second kappa shape index (κ2) is 5.27. The Morgan fingerprint density at radius 2 is 2.11 bits per heavy atom. The average Bonchev–Trinajstić information content (AvgIpc) is 2.35. The van der Waals surface area contributed by atoms with E-state index < -0.39 is 0 Å². The largest absolute Gasteiger partial charge is 0.399 e. The number of piperidine rings is 1. The zero-order valence-electron chi connectivity index (χ0n) is 10.5. The number of hydrogen-bond donors (Lipinski definition) is 3. The van der Waals surface area contributed by atoms with Crippen molar-refractivity contribution in [3.63, 3.8) is 0 Å². The van der Waals surface area contributed by atoms with Gasteiger partial charge in [-0.3, -0.25) is 0 Å². The summed E-state index contributed by atoms with van der Waals surface area (Å²) in [5.41, 5.74) is 6.98. The van der Waals surface area contributed by atoms with Crippen molar-refractivity contribution in [1.29, 1.82) is 0 Å². The van der Waals surface area contributed by atoms with Crippen LogP contribution >= 0.6 is 0 Å². The summed E-state index contributed by atoms with van der Waals surface area (Å²) in [5.74, 6) is 0.121. The van der Waals surface area contributed by atoms with Gasteiger partial charge in [0.1, 0.15) is 0 Å². The zero-order chi connectivity index (χ0) is 13.1. The molecule has 1 heterocycles. The Balaban J connectivity index is 1.94. The van der Waals surface area contributed by atoms with Gasteiger partial charge in [0.25, 0.3) is 0 Å². The van der Waals surface area contributed by atoms with Crippen LogP contribution in [-0.2, 0) is 0 Å². The summed E-state index contributed by atoms with van der Waals surface area (Å²) < 4.78 is 0. The number of nitrogens with zero attached hydrogens (tertiary/aromatic N) is 1. The summed E-state index contributed by atoms with van der Waals surface area (Å²) in [4.78, 5) is 13.7. The lowest BCUT2D eigenvalue weighted by atomic mass is 9.97. The summed E-state index contributed by atoms with van der Waals surface area (Å²) >= 11 is 0. The second-order valence-electron chi connectivity index (χ2n) is 4.83. The molecule has 1 aliphatic rings. The van der Waals surface area contributed by atoms with Crippen LogP contribution in [0.4, 0.5) is 16.2 Å². The Labute approximate surface area is 107 Å². The predicted octanol–water partition coefficient (Wildman–Crippen LogP) is 1.50. The third-order valence-corrected chi connectivity index (χ3v) is 3.31. The number of carbonyl (C=O) groups excluding carboxylic acids is 1. The molecule has 0 saturated carbocycles. The number of aliphatic hydroxyl groups excluding tert-OH is 1. The highest BCUT2D eigenvalue weighted by Gasteiger charge is 2.27. The topological polar surface area (TPSA) is 78.6 Å². The van der Waals surface area contributed by atoms with E-state index in [0.717, 1.165) is 5.69 Å². The fourth-order valence-electron chi connectivity index (χ4n) is 2.09. The molecule has 0 bridgehead atoms. The number of benzene rings is 1. The van der Waals surface area contributed by atoms with Crippen molar-refractivity contribution < 1.29 is 9.90 Å². The molecule has 0 spiro atoms. The molecular formula is C13H19N3O2. The van der Waals surface area contributed by atoms with Gasteiger partial charge in [-0.05, 0) is 36.6 Å². The van der Waals surface area contributed by atoms with Gasteiger partial charge in [-0.25, -0.2) is 4.79 Å². The number of amides is 2. The first kappa shape index (κ1) is 12.7. The molecule has 18 heavy (non-hydrogen) atoms. The molecule has 5 nitrogen and oxygen atoms in total. The Hall–Kier alpha value is -1.75. The van der Waals surface area contributed by atoms with Gasteiger partial charge in [-0.15, -0.1) is 0 Å². The Kier molecular flexibility index (Phi) is 3.72. The van der Waals surface area contributed by atoms with Crippen molar-refractivity contribution in [1.82, 2.24) is 4.90 Å². The van der Waals surface area contributed by atoms with E-state index in [0.29, 0.717) is 25.2 Å². The van der Waals surface area contributed by atoms with Crippen molar-refractivity contribution in [2.24, 2.45) is 5.92 Å². The molecule has 2 rings (SSSR count). The molecule has 1 aliphatic heterocycles. The van der Waals surface area contributed by atoms with Crippen LogP contribution < -0.4 is 11.1 Å². The number of likely N-dealkylation sites (tertiary alicyclic amines) is 1. The third-order valence-electron chi connectivity index (χ3n) is 3.31. The van der Waals surface area contributed by atoms with Crippen LogP contribution in [0.5, 0.6) is 0 Å².